The molecule has 1 saturated heterocycles. The fourth-order valence-corrected chi connectivity index (χ4v) is 4.53. The summed E-state index contributed by atoms with van der Waals surface area (Å²) in [6.07, 6.45) is 8.02. The van der Waals surface area contributed by atoms with Gasteiger partial charge in [-0.05, 0) is 87.5 Å². The zero-order chi connectivity index (χ0) is 22.9. The maximum absolute atomic E-state index is 14.9. The third-order valence-electron chi connectivity index (χ3n) is 6.66. The molecule has 1 saturated carbocycles. The molecule has 0 spiro atoms. The van der Waals surface area contributed by atoms with E-state index < -0.39 is 11.9 Å². The van der Waals surface area contributed by atoms with Crippen LogP contribution >= 0.6 is 0 Å². The first kappa shape index (κ1) is 21.9. The Morgan fingerprint density at radius 1 is 1.27 bits per heavy atom. The molecular formula is C25H30FN5O2. The van der Waals surface area contributed by atoms with E-state index in [0.717, 1.165) is 49.8 Å². The van der Waals surface area contributed by atoms with Crippen molar-refractivity contribution in [3.8, 4) is 11.5 Å². The summed E-state index contributed by atoms with van der Waals surface area (Å²) in [5.74, 6) is 0.565. The molecule has 1 amide bonds. The van der Waals surface area contributed by atoms with Crippen molar-refractivity contribution in [1.29, 1.82) is 0 Å². The second-order valence-corrected chi connectivity index (χ2v) is 9.31. The number of amides is 1. The number of likely N-dealkylation sites (tertiary alicyclic amines) is 1. The van der Waals surface area contributed by atoms with Crippen molar-refractivity contribution in [3.05, 3.63) is 53.6 Å². The minimum Gasteiger partial charge on any atom is -0.453 e. The number of aromatic amines is 1. The molecule has 4 N–H and O–H groups in total. The van der Waals surface area contributed by atoms with Crippen LogP contribution in [0.5, 0.6) is 11.5 Å². The Labute approximate surface area is 192 Å². The van der Waals surface area contributed by atoms with Gasteiger partial charge in [-0.3, -0.25) is 4.79 Å². The Balaban J connectivity index is 1.25. The van der Waals surface area contributed by atoms with E-state index in [2.05, 4.69) is 27.2 Å². The number of nitrogens with one attached hydrogen (secondary N) is 2. The van der Waals surface area contributed by atoms with E-state index in [9.17, 15) is 9.18 Å². The van der Waals surface area contributed by atoms with Crippen LogP contribution in [-0.2, 0) is 11.2 Å². The Morgan fingerprint density at radius 2 is 2.06 bits per heavy atom. The van der Waals surface area contributed by atoms with Crippen LogP contribution in [0.3, 0.4) is 0 Å². The molecule has 3 aromatic rings. The van der Waals surface area contributed by atoms with E-state index in [1.165, 1.54) is 11.6 Å². The number of piperidine rings is 1. The Hall–Kier alpha value is -2.97. The van der Waals surface area contributed by atoms with Crippen LogP contribution in [0.25, 0.3) is 11.0 Å². The molecule has 0 radical (unpaired) electrons. The SMILES string of the molecule is CN1CCC(NC(=O)[C@@H](N)Cc2ccc(Oc3ccnc4[nH]cc(C5CC5)c34)c(F)c2)CC1. The second kappa shape index (κ2) is 9.11. The molecule has 1 aliphatic carbocycles. The summed E-state index contributed by atoms with van der Waals surface area (Å²) in [7, 11) is 2.08. The molecule has 174 valence electrons. The summed E-state index contributed by atoms with van der Waals surface area (Å²) in [6.45, 7) is 1.92. The lowest BCUT2D eigenvalue weighted by atomic mass is 10.0. The van der Waals surface area contributed by atoms with Gasteiger partial charge in [-0.1, -0.05) is 6.07 Å². The van der Waals surface area contributed by atoms with E-state index in [0.29, 0.717) is 17.2 Å². The third-order valence-corrected chi connectivity index (χ3v) is 6.66. The van der Waals surface area contributed by atoms with Crippen LogP contribution in [0.4, 0.5) is 4.39 Å². The highest BCUT2D eigenvalue weighted by atomic mass is 19.1. The molecule has 0 bridgehead atoms. The number of nitrogens with zero attached hydrogens (tertiary/aromatic N) is 2. The minimum atomic E-state index is -0.725. The van der Waals surface area contributed by atoms with Gasteiger partial charge in [0.2, 0.25) is 5.91 Å². The number of nitrogens with two attached hydrogens (primary N) is 1. The zero-order valence-electron chi connectivity index (χ0n) is 18.8. The monoisotopic (exact) mass is 451 g/mol. The fourth-order valence-electron chi connectivity index (χ4n) is 4.53. The van der Waals surface area contributed by atoms with Crippen molar-refractivity contribution >= 4 is 16.9 Å². The summed E-state index contributed by atoms with van der Waals surface area (Å²) in [5, 5.41) is 3.95. The van der Waals surface area contributed by atoms with Gasteiger partial charge in [-0.15, -0.1) is 0 Å². The normalized spacial score (nSPS) is 18.4. The average molecular weight is 452 g/mol. The van der Waals surface area contributed by atoms with E-state index in [-0.39, 0.29) is 24.1 Å². The Bertz CT molecular complexity index is 1150. The second-order valence-electron chi connectivity index (χ2n) is 9.31. The number of H-pyrrole nitrogens is 1. The summed E-state index contributed by atoms with van der Waals surface area (Å²) < 4.78 is 20.9. The minimum absolute atomic E-state index is 0.138. The largest absolute Gasteiger partial charge is 0.453 e. The molecule has 5 rings (SSSR count). The molecule has 33 heavy (non-hydrogen) atoms. The molecule has 3 heterocycles. The van der Waals surface area contributed by atoms with Crippen LogP contribution in [0.15, 0.2) is 36.7 Å². The van der Waals surface area contributed by atoms with Gasteiger partial charge in [0, 0.05) is 18.4 Å². The standard InChI is InChI=1S/C25H30FN5O2/c1-31-10-7-17(8-11-31)30-25(32)20(27)13-15-2-5-21(19(26)12-15)33-22-6-9-28-24-23(22)18(14-29-24)16-3-4-16/h2,5-6,9,12,14,16-17,20H,3-4,7-8,10-11,13,27H2,1H3,(H,28,29)(H,30,32)/t20-/m0/s1. The van der Waals surface area contributed by atoms with Crippen molar-refractivity contribution in [2.24, 2.45) is 5.73 Å². The lowest BCUT2D eigenvalue weighted by molar-refractivity contribution is -0.123. The maximum atomic E-state index is 14.9. The number of ether oxygens (including phenoxy) is 1. The number of hydrogen-bond donors (Lipinski definition) is 3. The number of aromatic nitrogens is 2. The third kappa shape index (κ3) is 4.86. The predicted octanol–water partition coefficient (Wildman–Crippen LogP) is 3.45. The quantitative estimate of drug-likeness (QED) is 0.511. The topological polar surface area (TPSA) is 96.3 Å². The number of carbonyl (C=O) groups excluding carboxylic acids is 1. The molecular weight excluding hydrogens is 421 g/mol. The van der Waals surface area contributed by atoms with Crippen LogP contribution in [0, 0.1) is 5.82 Å². The van der Waals surface area contributed by atoms with E-state index in [1.807, 2.05) is 6.20 Å². The molecule has 1 atom stereocenters. The highest BCUT2D eigenvalue weighted by molar-refractivity contribution is 5.87. The van der Waals surface area contributed by atoms with Gasteiger partial charge in [-0.25, -0.2) is 9.37 Å². The molecule has 2 fully saturated rings. The van der Waals surface area contributed by atoms with Crippen molar-refractivity contribution < 1.29 is 13.9 Å². The Kier molecular flexibility index (Phi) is 6.03. The summed E-state index contributed by atoms with van der Waals surface area (Å²) in [5.41, 5.74) is 8.69. The summed E-state index contributed by atoms with van der Waals surface area (Å²) in [4.78, 5) is 22.3. The van der Waals surface area contributed by atoms with Crippen molar-refractivity contribution in [1.82, 2.24) is 20.2 Å². The Morgan fingerprint density at radius 3 is 2.79 bits per heavy atom. The van der Waals surface area contributed by atoms with Gasteiger partial charge in [0.05, 0.1) is 11.4 Å². The molecule has 2 aromatic heterocycles. The number of benzene rings is 1. The predicted molar refractivity (Wildman–Crippen MR) is 125 cm³/mol. The van der Waals surface area contributed by atoms with Crippen LogP contribution < -0.4 is 15.8 Å². The summed E-state index contributed by atoms with van der Waals surface area (Å²) in [6, 6.07) is 5.95. The average Bonchev–Trinajstić information content (AvgIpc) is 3.55. The van der Waals surface area contributed by atoms with Crippen molar-refractivity contribution in [2.45, 2.75) is 50.1 Å². The molecule has 7 nitrogen and oxygen atoms in total. The highest BCUT2D eigenvalue weighted by Gasteiger charge is 2.28. The van der Waals surface area contributed by atoms with Crippen molar-refractivity contribution in [3.63, 3.8) is 0 Å². The van der Waals surface area contributed by atoms with Crippen LogP contribution in [0.1, 0.15) is 42.7 Å². The maximum Gasteiger partial charge on any atom is 0.237 e. The highest BCUT2D eigenvalue weighted by Crippen LogP contribution is 2.45. The first-order chi connectivity index (χ1) is 16.0. The molecule has 0 unspecified atom stereocenters. The fraction of sp³-hybridized carbons (Fsp3) is 0.440. The number of pyridine rings is 1. The molecule has 8 heteroatoms. The number of hydrogen-bond acceptors (Lipinski definition) is 5. The molecule has 1 aromatic carbocycles. The summed E-state index contributed by atoms with van der Waals surface area (Å²) >= 11 is 0. The van der Waals surface area contributed by atoms with Gasteiger partial charge in [0.1, 0.15) is 11.4 Å². The van der Waals surface area contributed by atoms with Gasteiger partial charge in [0.25, 0.3) is 0 Å². The molecule has 1 aliphatic heterocycles. The number of rotatable bonds is 7. The van der Waals surface area contributed by atoms with Gasteiger partial charge >= 0.3 is 0 Å². The van der Waals surface area contributed by atoms with E-state index in [4.69, 9.17) is 10.5 Å². The van der Waals surface area contributed by atoms with E-state index in [1.54, 1.807) is 24.4 Å². The van der Waals surface area contributed by atoms with Crippen molar-refractivity contribution in [2.75, 3.05) is 20.1 Å². The first-order valence-corrected chi connectivity index (χ1v) is 11.6. The number of fused-ring (bicyclic) bond motifs is 1. The van der Waals surface area contributed by atoms with Gasteiger partial charge in [-0.2, -0.15) is 0 Å². The number of halogens is 1. The van der Waals surface area contributed by atoms with Crippen LogP contribution in [-0.4, -0.2) is 53.0 Å². The van der Waals surface area contributed by atoms with Gasteiger partial charge in [0.15, 0.2) is 11.6 Å². The first-order valence-electron chi connectivity index (χ1n) is 11.6. The zero-order valence-corrected chi connectivity index (χ0v) is 18.8. The molecule has 2 aliphatic rings. The lowest BCUT2D eigenvalue weighted by Crippen LogP contribution is -2.49. The smallest absolute Gasteiger partial charge is 0.237 e. The van der Waals surface area contributed by atoms with Gasteiger partial charge < -0.3 is 25.7 Å². The van der Waals surface area contributed by atoms with Crippen LogP contribution in [0.2, 0.25) is 0 Å². The van der Waals surface area contributed by atoms with E-state index >= 15 is 0 Å². The number of carbonyl (C=O) groups is 1. The lowest BCUT2D eigenvalue weighted by Gasteiger charge is -2.30.